The van der Waals surface area contributed by atoms with Gasteiger partial charge in [-0.3, -0.25) is 4.79 Å². The van der Waals surface area contributed by atoms with Gasteiger partial charge in [0.25, 0.3) is 5.91 Å². The van der Waals surface area contributed by atoms with Gasteiger partial charge in [0.2, 0.25) is 0 Å². The summed E-state index contributed by atoms with van der Waals surface area (Å²) in [5, 5.41) is 9.45. The van der Waals surface area contributed by atoms with Gasteiger partial charge in [0, 0.05) is 31.1 Å². The molecule has 2 aliphatic rings. The van der Waals surface area contributed by atoms with Gasteiger partial charge in [0.05, 0.1) is 0 Å². The van der Waals surface area contributed by atoms with Crippen LogP contribution in [0.3, 0.4) is 0 Å². The van der Waals surface area contributed by atoms with E-state index < -0.39 is 11.7 Å². The SMILES string of the molecule is C[C@@H](O)C(=O)N1CCC([C@H]2N(C(=O)OC(C)(C)C)CC2(C)C)CC1. The lowest BCUT2D eigenvalue weighted by Crippen LogP contribution is -2.68. The summed E-state index contributed by atoms with van der Waals surface area (Å²) < 4.78 is 5.54. The quantitative estimate of drug-likeness (QED) is 0.837. The molecule has 6 heteroatoms. The maximum atomic E-state index is 12.4. The van der Waals surface area contributed by atoms with Gasteiger partial charge in [-0.05, 0) is 46.5 Å². The van der Waals surface area contributed by atoms with Gasteiger partial charge >= 0.3 is 6.09 Å². The van der Waals surface area contributed by atoms with Crippen LogP contribution in [0.5, 0.6) is 0 Å². The average molecular weight is 340 g/mol. The Morgan fingerprint density at radius 3 is 2.17 bits per heavy atom. The van der Waals surface area contributed by atoms with Crippen molar-refractivity contribution >= 4 is 12.0 Å². The highest BCUT2D eigenvalue weighted by Crippen LogP contribution is 2.45. The van der Waals surface area contributed by atoms with Gasteiger partial charge in [0.1, 0.15) is 11.7 Å². The van der Waals surface area contributed by atoms with Crippen molar-refractivity contribution in [1.29, 1.82) is 0 Å². The number of carbonyl (C=O) groups excluding carboxylic acids is 2. The van der Waals surface area contributed by atoms with Gasteiger partial charge in [0.15, 0.2) is 0 Å². The molecular formula is C18H32N2O4. The molecule has 2 heterocycles. The molecule has 2 aliphatic heterocycles. The molecule has 0 aromatic heterocycles. The lowest BCUT2D eigenvalue weighted by Gasteiger charge is -2.58. The van der Waals surface area contributed by atoms with Crippen molar-refractivity contribution in [3.63, 3.8) is 0 Å². The minimum atomic E-state index is -0.944. The summed E-state index contributed by atoms with van der Waals surface area (Å²) in [7, 11) is 0. The molecule has 24 heavy (non-hydrogen) atoms. The number of piperidine rings is 1. The second-order valence-corrected chi connectivity index (χ2v) is 8.88. The summed E-state index contributed by atoms with van der Waals surface area (Å²) in [5.74, 6) is 0.157. The van der Waals surface area contributed by atoms with E-state index >= 15 is 0 Å². The number of ether oxygens (including phenoxy) is 1. The van der Waals surface area contributed by atoms with Crippen molar-refractivity contribution in [1.82, 2.24) is 9.80 Å². The predicted molar refractivity (Wildman–Crippen MR) is 91.5 cm³/mol. The summed E-state index contributed by atoms with van der Waals surface area (Å²) in [6.07, 6.45) is 0.520. The van der Waals surface area contributed by atoms with Crippen molar-refractivity contribution in [3.8, 4) is 0 Å². The standard InChI is InChI=1S/C18H32N2O4/c1-12(21)15(22)19-9-7-13(8-10-19)14-18(5,6)11-20(14)16(23)24-17(2,3)4/h12-14,21H,7-11H2,1-6H3/t12-,14-/m1/s1. The number of rotatable bonds is 2. The first-order chi connectivity index (χ1) is 10.9. The Kier molecular flexibility index (Phi) is 5.19. The Labute approximate surface area is 145 Å². The summed E-state index contributed by atoms with van der Waals surface area (Å²) in [4.78, 5) is 27.9. The summed E-state index contributed by atoms with van der Waals surface area (Å²) in [5.41, 5.74) is -0.424. The van der Waals surface area contributed by atoms with Crippen LogP contribution in [-0.4, -0.2) is 64.3 Å². The second-order valence-electron chi connectivity index (χ2n) is 8.88. The highest BCUT2D eigenvalue weighted by Gasteiger charge is 2.53. The summed E-state index contributed by atoms with van der Waals surface area (Å²) in [6, 6.07) is 0.149. The van der Waals surface area contributed by atoms with Crippen LogP contribution in [0, 0.1) is 11.3 Å². The van der Waals surface area contributed by atoms with E-state index in [1.807, 2.05) is 25.7 Å². The van der Waals surface area contributed by atoms with E-state index in [-0.39, 0.29) is 23.5 Å². The fourth-order valence-corrected chi connectivity index (χ4v) is 4.03. The Bertz CT molecular complexity index is 488. The first-order valence-corrected chi connectivity index (χ1v) is 8.89. The van der Waals surface area contributed by atoms with E-state index in [1.54, 1.807) is 4.90 Å². The number of likely N-dealkylation sites (tertiary alicyclic amines) is 2. The number of amides is 2. The van der Waals surface area contributed by atoms with Crippen LogP contribution in [0.1, 0.15) is 54.4 Å². The number of hydrogen-bond acceptors (Lipinski definition) is 4. The molecule has 6 nitrogen and oxygen atoms in total. The fourth-order valence-electron chi connectivity index (χ4n) is 4.03. The third-order valence-corrected chi connectivity index (χ3v) is 5.00. The normalized spacial score (nSPS) is 25.9. The third-order valence-electron chi connectivity index (χ3n) is 5.00. The largest absolute Gasteiger partial charge is 0.444 e. The molecule has 0 aliphatic carbocycles. The van der Waals surface area contributed by atoms with Crippen molar-refractivity contribution in [2.24, 2.45) is 11.3 Å². The molecule has 0 radical (unpaired) electrons. The van der Waals surface area contributed by atoms with E-state index in [4.69, 9.17) is 4.74 Å². The molecule has 2 saturated heterocycles. The van der Waals surface area contributed by atoms with Gasteiger partial charge in [-0.15, -0.1) is 0 Å². The minimum Gasteiger partial charge on any atom is -0.444 e. The molecule has 0 bridgehead atoms. The lowest BCUT2D eigenvalue weighted by atomic mass is 9.67. The van der Waals surface area contributed by atoms with E-state index in [9.17, 15) is 14.7 Å². The first-order valence-electron chi connectivity index (χ1n) is 8.89. The minimum absolute atomic E-state index is 0.0675. The van der Waals surface area contributed by atoms with Crippen LogP contribution in [0.2, 0.25) is 0 Å². The zero-order valence-electron chi connectivity index (χ0n) is 15.8. The number of aliphatic hydroxyl groups excluding tert-OH is 1. The van der Waals surface area contributed by atoms with Gasteiger partial charge < -0.3 is 19.6 Å². The molecule has 1 N–H and O–H groups in total. The van der Waals surface area contributed by atoms with Crippen LogP contribution in [-0.2, 0) is 9.53 Å². The molecule has 0 aromatic carbocycles. The van der Waals surface area contributed by atoms with Crippen LogP contribution in [0.15, 0.2) is 0 Å². The molecule has 2 fully saturated rings. The zero-order valence-corrected chi connectivity index (χ0v) is 15.8. The maximum Gasteiger partial charge on any atom is 0.410 e. The molecule has 0 spiro atoms. The topological polar surface area (TPSA) is 70.1 Å². The highest BCUT2D eigenvalue weighted by molar-refractivity contribution is 5.80. The van der Waals surface area contributed by atoms with E-state index in [0.29, 0.717) is 25.6 Å². The molecule has 0 saturated carbocycles. The van der Waals surface area contributed by atoms with Crippen LogP contribution in [0.4, 0.5) is 4.79 Å². The van der Waals surface area contributed by atoms with Crippen molar-refractivity contribution in [3.05, 3.63) is 0 Å². The van der Waals surface area contributed by atoms with E-state index in [2.05, 4.69) is 13.8 Å². The molecule has 2 rings (SSSR count). The maximum absolute atomic E-state index is 12.4. The highest BCUT2D eigenvalue weighted by atomic mass is 16.6. The molecular weight excluding hydrogens is 308 g/mol. The lowest BCUT2D eigenvalue weighted by molar-refractivity contribution is -0.143. The molecule has 2 atom stereocenters. The smallest absolute Gasteiger partial charge is 0.410 e. The summed E-state index contributed by atoms with van der Waals surface area (Å²) in [6.45, 7) is 13.5. The number of carbonyl (C=O) groups is 2. The Morgan fingerprint density at radius 1 is 1.21 bits per heavy atom. The fraction of sp³-hybridized carbons (Fsp3) is 0.889. The molecule has 2 amide bonds. The molecule has 138 valence electrons. The van der Waals surface area contributed by atoms with Crippen LogP contribution < -0.4 is 0 Å². The Balaban J connectivity index is 1.99. The zero-order chi connectivity index (χ0) is 18.3. The van der Waals surface area contributed by atoms with Gasteiger partial charge in [-0.2, -0.15) is 0 Å². The predicted octanol–water partition coefficient (Wildman–Crippen LogP) is 2.25. The van der Waals surface area contributed by atoms with E-state index in [1.165, 1.54) is 6.92 Å². The molecule has 0 unspecified atom stereocenters. The second kappa shape index (κ2) is 6.54. The van der Waals surface area contributed by atoms with E-state index in [0.717, 1.165) is 12.8 Å². The number of hydrogen-bond donors (Lipinski definition) is 1. The van der Waals surface area contributed by atoms with Crippen molar-refractivity contribution in [2.45, 2.75) is 72.1 Å². The Morgan fingerprint density at radius 2 is 1.75 bits per heavy atom. The Hall–Kier alpha value is -1.30. The van der Waals surface area contributed by atoms with Crippen molar-refractivity contribution in [2.75, 3.05) is 19.6 Å². The number of nitrogens with zero attached hydrogens (tertiary/aromatic N) is 2. The first kappa shape index (κ1) is 19.0. The van der Waals surface area contributed by atoms with Crippen molar-refractivity contribution < 1.29 is 19.4 Å². The number of aliphatic hydroxyl groups is 1. The van der Waals surface area contributed by atoms with Crippen LogP contribution in [0.25, 0.3) is 0 Å². The third kappa shape index (κ3) is 4.02. The van der Waals surface area contributed by atoms with Gasteiger partial charge in [-0.25, -0.2) is 4.79 Å². The molecule has 0 aromatic rings. The monoisotopic (exact) mass is 340 g/mol. The van der Waals surface area contributed by atoms with Crippen LogP contribution >= 0.6 is 0 Å². The summed E-state index contributed by atoms with van der Waals surface area (Å²) >= 11 is 0. The average Bonchev–Trinajstić information content (AvgIpc) is 2.43. The van der Waals surface area contributed by atoms with Gasteiger partial charge in [-0.1, -0.05) is 13.8 Å².